The van der Waals surface area contributed by atoms with E-state index >= 15 is 0 Å². The van der Waals surface area contributed by atoms with Crippen LogP contribution in [0.4, 0.5) is 5.82 Å². The first kappa shape index (κ1) is 8.97. The minimum absolute atomic E-state index is 0.711. The van der Waals surface area contributed by atoms with Crippen LogP contribution in [0.25, 0.3) is 10.9 Å². The monoisotopic (exact) mass is 303 g/mol. The molecule has 2 rings (SSSR count). The summed E-state index contributed by atoms with van der Waals surface area (Å²) in [5, 5.41) is 8.02. The molecule has 0 fully saturated rings. The Morgan fingerprint density at radius 2 is 2.08 bits per heavy atom. The first-order valence-corrected chi connectivity index (χ1v) is 5.34. The zero-order valence-electron chi connectivity index (χ0n) is 6.52. The Morgan fingerprint density at radius 3 is 2.85 bits per heavy atom. The summed E-state index contributed by atoms with van der Waals surface area (Å²) >= 11 is 5.57. The van der Waals surface area contributed by atoms with Crippen molar-refractivity contribution in [3.05, 3.63) is 24.3 Å². The van der Waals surface area contributed by atoms with Gasteiger partial charge in [-0.15, -0.1) is 0 Å². The molecule has 0 amide bonds. The summed E-state index contributed by atoms with van der Waals surface area (Å²) in [5.74, 6) is 0.711. The number of hydrogen-bond acceptors (Lipinski definition) is 2. The first-order valence-electron chi connectivity index (χ1n) is 3.63. The topological polar surface area (TPSA) is 41.0 Å². The fourth-order valence-corrected chi connectivity index (χ4v) is 1.48. The van der Waals surface area contributed by atoms with Gasteiger partial charge < -0.3 is 0 Å². The van der Waals surface area contributed by atoms with Gasteiger partial charge >= 0.3 is 91.7 Å². The molecular formula is C8H5N3Se2. The van der Waals surface area contributed by atoms with E-state index in [1.165, 1.54) is 0 Å². The zero-order chi connectivity index (χ0) is 9.26. The predicted molar refractivity (Wildman–Crippen MR) is 54.7 cm³/mol. The van der Waals surface area contributed by atoms with E-state index in [9.17, 15) is 0 Å². The third-order valence-corrected chi connectivity index (χ3v) is 2.03. The van der Waals surface area contributed by atoms with Crippen LogP contribution in [0.2, 0.25) is 0 Å². The molecule has 0 spiro atoms. The Kier molecular flexibility index (Phi) is 2.51. The number of H-pyrrole nitrogens is 1. The molecule has 0 aliphatic carbocycles. The molecule has 0 aliphatic heterocycles. The molecule has 1 aromatic carbocycles. The van der Waals surface area contributed by atoms with Crippen LogP contribution in [0.5, 0.6) is 0 Å². The van der Waals surface area contributed by atoms with Crippen LogP contribution in [0, 0.1) is 0 Å². The SMILES string of the molecule is [Se]C([Se])=Nc1n[nH]c2ccccc12. The summed E-state index contributed by atoms with van der Waals surface area (Å²) < 4.78 is 0.761. The third kappa shape index (κ3) is 1.84. The van der Waals surface area contributed by atoms with E-state index in [2.05, 4.69) is 47.2 Å². The molecule has 0 unspecified atom stereocenters. The van der Waals surface area contributed by atoms with E-state index in [-0.39, 0.29) is 0 Å². The van der Waals surface area contributed by atoms with Crippen molar-refractivity contribution in [2.45, 2.75) is 0 Å². The van der Waals surface area contributed by atoms with Gasteiger partial charge in [0.05, 0.1) is 0 Å². The fraction of sp³-hybridized carbons (Fsp3) is 0. The molecule has 0 saturated heterocycles. The van der Waals surface area contributed by atoms with Gasteiger partial charge in [0.2, 0.25) is 0 Å². The van der Waals surface area contributed by atoms with Crippen LogP contribution < -0.4 is 0 Å². The van der Waals surface area contributed by atoms with E-state index in [1.807, 2.05) is 24.3 Å². The van der Waals surface area contributed by atoms with Crippen molar-refractivity contribution < 1.29 is 0 Å². The van der Waals surface area contributed by atoms with Crippen LogP contribution in [0.1, 0.15) is 0 Å². The Bertz CT molecular complexity index is 457. The second-order valence-electron chi connectivity index (χ2n) is 2.47. The van der Waals surface area contributed by atoms with Crippen molar-refractivity contribution in [2.75, 3.05) is 0 Å². The average molecular weight is 301 g/mol. The van der Waals surface area contributed by atoms with E-state index in [0.29, 0.717) is 5.82 Å². The van der Waals surface area contributed by atoms with Gasteiger partial charge in [-0.25, -0.2) is 0 Å². The Balaban J connectivity index is 2.65. The van der Waals surface area contributed by atoms with Crippen LogP contribution in [-0.2, 0) is 0 Å². The van der Waals surface area contributed by atoms with E-state index in [1.54, 1.807) is 0 Å². The van der Waals surface area contributed by atoms with Crippen LogP contribution in [0.15, 0.2) is 29.3 Å². The number of nitrogens with one attached hydrogen (secondary N) is 1. The van der Waals surface area contributed by atoms with Gasteiger partial charge in [-0.05, 0) is 0 Å². The third-order valence-electron chi connectivity index (χ3n) is 1.65. The summed E-state index contributed by atoms with van der Waals surface area (Å²) in [7, 11) is 0. The molecule has 0 atom stereocenters. The molecule has 1 heterocycles. The molecule has 0 aliphatic rings. The van der Waals surface area contributed by atoms with Crippen molar-refractivity contribution >= 4 is 52.3 Å². The second kappa shape index (κ2) is 3.64. The minimum atomic E-state index is 0.711. The molecule has 3 nitrogen and oxygen atoms in total. The van der Waals surface area contributed by atoms with Gasteiger partial charge in [0.1, 0.15) is 0 Å². The van der Waals surface area contributed by atoms with E-state index in [4.69, 9.17) is 0 Å². The molecule has 2 aromatic rings. The predicted octanol–water partition coefficient (Wildman–Crippen LogP) is 0.887. The number of rotatable bonds is 1. The van der Waals surface area contributed by atoms with Crippen LogP contribution in [0.3, 0.4) is 0 Å². The van der Waals surface area contributed by atoms with Crippen LogP contribution >= 0.6 is 0 Å². The zero-order valence-corrected chi connectivity index (χ0v) is 9.95. The van der Waals surface area contributed by atoms with E-state index < -0.39 is 0 Å². The van der Waals surface area contributed by atoms with Crippen molar-refractivity contribution in [3.8, 4) is 0 Å². The van der Waals surface area contributed by atoms with Crippen LogP contribution in [-0.4, -0.2) is 45.7 Å². The van der Waals surface area contributed by atoms with Gasteiger partial charge in [0.15, 0.2) is 0 Å². The number of benzene rings is 1. The average Bonchev–Trinajstić information content (AvgIpc) is 2.48. The van der Waals surface area contributed by atoms with Crippen molar-refractivity contribution in [1.29, 1.82) is 0 Å². The molecule has 1 N–H and O–H groups in total. The maximum atomic E-state index is 4.21. The molecule has 0 bridgehead atoms. The number of fused-ring (bicyclic) bond motifs is 1. The summed E-state index contributed by atoms with van der Waals surface area (Å²) in [4.78, 5) is 4.21. The number of hydrogen-bond donors (Lipinski definition) is 1. The number of aromatic amines is 1. The normalized spacial score (nSPS) is 10.2. The number of nitrogens with zero attached hydrogens (tertiary/aromatic N) is 2. The van der Waals surface area contributed by atoms with Gasteiger partial charge in [-0.2, -0.15) is 0 Å². The van der Waals surface area contributed by atoms with Gasteiger partial charge in [-0.1, -0.05) is 0 Å². The van der Waals surface area contributed by atoms with Crippen molar-refractivity contribution in [3.63, 3.8) is 0 Å². The van der Waals surface area contributed by atoms with Crippen molar-refractivity contribution in [1.82, 2.24) is 10.2 Å². The first-order chi connectivity index (χ1) is 6.27. The summed E-state index contributed by atoms with van der Waals surface area (Å²) in [5.41, 5.74) is 1.00. The number of aromatic nitrogens is 2. The molecule has 64 valence electrons. The molecule has 5 heteroatoms. The molecule has 13 heavy (non-hydrogen) atoms. The second-order valence-corrected chi connectivity index (χ2v) is 5.40. The quantitative estimate of drug-likeness (QED) is 0.617. The standard InChI is InChI=1S/C8H5N3Se2/c12-8(13)9-7-5-3-1-2-4-6(5)10-11-7/h1-4H,(H,10,11). The Hall–Kier alpha value is -0.601. The Morgan fingerprint density at radius 1 is 1.31 bits per heavy atom. The summed E-state index contributed by atoms with van der Waals surface area (Å²) in [6.45, 7) is 0. The molecular weight excluding hydrogens is 296 g/mol. The maximum absolute atomic E-state index is 4.21. The molecule has 2 radical (unpaired) electrons. The Labute approximate surface area is 91.6 Å². The van der Waals surface area contributed by atoms with E-state index in [0.717, 1.165) is 14.4 Å². The number of para-hydroxylation sites is 1. The summed E-state index contributed by atoms with van der Waals surface area (Å²) in [6, 6.07) is 7.89. The van der Waals surface area contributed by atoms with Gasteiger partial charge in [0.25, 0.3) is 0 Å². The van der Waals surface area contributed by atoms with Crippen molar-refractivity contribution in [2.24, 2.45) is 4.99 Å². The molecule has 0 saturated carbocycles. The van der Waals surface area contributed by atoms with Gasteiger partial charge in [-0.3, -0.25) is 0 Å². The molecule has 1 aromatic heterocycles. The number of aliphatic imine (C=N–C) groups is 1. The summed E-state index contributed by atoms with van der Waals surface area (Å²) in [6.07, 6.45) is 0. The van der Waals surface area contributed by atoms with Gasteiger partial charge in [0, 0.05) is 0 Å². The fourth-order valence-electron chi connectivity index (χ4n) is 1.12.